The molecule has 18 heavy (non-hydrogen) atoms. The van der Waals surface area contributed by atoms with Gasteiger partial charge in [0.1, 0.15) is 0 Å². The molecule has 0 aromatic heterocycles. The molecule has 0 spiro atoms. The highest BCUT2D eigenvalue weighted by atomic mass is 32.2. The van der Waals surface area contributed by atoms with E-state index < -0.39 is 0 Å². The first kappa shape index (κ1) is 12.9. The zero-order chi connectivity index (χ0) is 13.0. The Labute approximate surface area is 112 Å². The van der Waals surface area contributed by atoms with Crippen molar-refractivity contribution in [2.45, 2.75) is 30.1 Å². The van der Waals surface area contributed by atoms with E-state index in [2.05, 4.69) is 32.0 Å². The van der Waals surface area contributed by atoms with E-state index in [0.29, 0.717) is 0 Å². The van der Waals surface area contributed by atoms with Gasteiger partial charge in [-0.15, -0.1) is 0 Å². The number of hydrogen-bond donors (Lipinski definition) is 0. The van der Waals surface area contributed by atoms with Crippen molar-refractivity contribution in [1.29, 1.82) is 0 Å². The van der Waals surface area contributed by atoms with Crippen LogP contribution in [0.5, 0.6) is 0 Å². The van der Waals surface area contributed by atoms with Gasteiger partial charge in [0.2, 0.25) is 0 Å². The second kappa shape index (κ2) is 5.87. The Balaban J connectivity index is 2.39. The number of benzene rings is 2. The maximum absolute atomic E-state index is 11.0. The average Bonchev–Trinajstić information content (AvgIpc) is 2.40. The lowest BCUT2D eigenvalue weighted by Gasteiger charge is -2.10. The second-order valence-electron chi connectivity index (χ2n) is 4.22. The van der Waals surface area contributed by atoms with Crippen molar-refractivity contribution in [3.8, 4) is 0 Å². The zero-order valence-corrected chi connectivity index (χ0v) is 11.5. The molecule has 0 amide bonds. The van der Waals surface area contributed by atoms with Crippen molar-refractivity contribution in [1.82, 2.24) is 0 Å². The maximum atomic E-state index is 11.0. The van der Waals surface area contributed by atoms with Crippen molar-refractivity contribution >= 4 is 18.0 Å². The molecule has 2 rings (SSSR count). The van der Waals surface area contributed by atoms with Gasteiger partial charge < -0.3 is 0 Å². The van der Waals surface area contributed by atoms with Crippen LogP contribution in [0.2, 0.25) is 0 Å². The first-order valence-corrected chi connectivity index (χ1v) is 6.88. The standard InChI is InChI=1S/C16H16OS/c1-3-13-9-8-12(2)10-16(13)18-15-7-5-4-6-14(15)11-17/h4-11H,3H2,1-2H3. The lowest BCUT2D eigenvalue weighted by molar-refractivity contribution is 0.112. The fourth-order valence-electron chi connectivity index (χ4n) is 1.84. The molecular weight excluding hydrogens is 240 g/mol. The third kappa shape index (κ3) is 2.82. The Morgan fingerprint density at radius 2 is 1.89 bits per heavy atom. The summed E-state index contributed by atoms with van der Waals surface area (Å²) in [6.07, 6.45) is 1.93. The van der Waals surface area contributed by atoms with E-state index in [1.165, 1.54) is 16.0 Å². The molecule has 1 nitrogen and oxygen atoms in total. The molecule has 92 valence electrons. The Morgan fingerprint density at radius 3 is 2.61 bits per heavy atom. The van der Waals surface area contributed by atoms with Crippen LogP contribution >= 0.6 is 11.8 Å². The molecule has 0 fully saturated rings. The van der Waals surface area contributed by atoms with Gasteiger partial charge in [-0.25, -0.2) is 0 Å². The summed E-state index contributed by atoms with van der Waals surface area (Å²) < 4.78 is 0. The van der Waals surface area contributed by atoms with E-state index in [1.54, 1.807) is 11.8 Å². The fourth-order valence-corrected chi connectivity index (χ4v) is 3.04. The van der Waals surface area contributed by atoms with Gasteiger partial charge in [-0.1, -0.05) is 49.0 Å². The molecule has 0 saturated heterocycles. The van der Waals surface area contributed by atoms with Crippen LogP contribution in [0.4, 0.5) is 0 Å². The first-order chi connectivity index (χ1) is 8.74. The highest BCUT2D eigenvalue weighted by Crippen LogP contribution is 2.33. The predicted molar refractivity (Wildman–Crippen MR) is 76.5 cm³/mol. The average molecular weight is 256 g/mol. The molecule has 0 unspecified atom stereocenters. The van der Waals surface area contributed by atoms with E-state index >= 15 is 0 Å². The third-order valence-electron chi connectivity index (χ3n) is 2.87. The van der Waals surface area contributed by atoms with Gasteiger partial charge in [0.25, 0.3) is 0 Å². The molecular formula is C16H16OS. The largest absolute Gasteiger partial charge is 0.298 e. The molecule has 0 aliphatic carbocycles. The van der Waals surface area contributed by atoms with Gasteiger partial charge in [-0.2, -0.15) is 0 Å². The van der Waals surface area contributed by atoms with Crippen LogP contribution < -0.4 is 0 Å². The van der Waals surface area contributed by atoms with Gasteiger partial charge >= 0.3 is 0 Å². The van der Waals surface area contributed by atoms with Gasteiger partial charge in [0.05, 0.1) is 0 Å². The number of rotatable bonds is 4. The van der Waals surface area contributed by atoms with E-state index in [0.717, 1.165) is 23.2 Å². The summed E-state index contributed by atoms with van der Waals surface area (Å²) in [5.41, 5.74) is 3.33. The van der Waals surface area contributed by atoms with Crippen LogP contribution in [0.15, 0.2) is 52.3 Å². The van der Waals surface area contributed by atoms with Crippen LogP contribution in [0.25, 0.3) is 0 Å². The SMILES string of the molecule is CCc1ccc(C)cc1Sc1ccccc1C=O. The van der Waals surface area contributed by atoms with Gasteiger partial charge in [-0.3, -0.25) is 4.79 Å². The minimum absolute atomic E-state index is 0.756. The summed E-state index contributed by atoms with van der Waals surface area (Å²) in [5.74, 6) is 0. The molecule has 0 aliphatic rings. The summed E-state index contributed by atoms with van der Waals surface area (Å²) in [6, 6.07) is 14.2. The lowest BCUT2D eigenvalue weighted by atomic mass is 10.1. The molecule has 2 aromatic rings. The van der Waals surface area contributed by atoms with Crippen molar-refractivity contribution in [2.24, 2.45) is 0 Å². The van der Waals surface area contributed by atoms with Crippen molar-refractivity contribution in [3.05, 3.63) is 59.2 Å². The summed E-state index contributed by atoms with van der Waals surface area (Å²) >= 11 is 1.67. The summed E-state index contributed by atoms with van der Waals surface area (Å²) in [7, 11) is 0. The molecule has 0 heterocycles. The Kier molecular flexibility index (Phi) is 4.21. The second-order valence-corrected chi connectivity index (χ2v) is 5.31. The van der Waals surface area contributed by atoms with Gasteiger partial charge in [0, 0.05) is 15.4 Å². The number of hydrogen-bond acceptors (Lipinski definition) is 2. The van der Waals surface area contributed by atoms with Crippen LogP contribution in [-0.4, -0.2) is 6.29 Å². The summed E-state index contributed by atoms with van der Waals surface area (Å²) in [4.78, 5) is 13.3. The first-order valence-electron chi connectivity index (χ1n) is 6.06. The number of aldehydes is 1. The van der Waals surface area contributed by atoms with Crippen LogP contribution in [0.1, 0.15) is 28.4 Å². The maximum Gasteiger partial charge on any atom is 0.151 e. The molecule has 2 heteroatoms. The van der Waals surface area contributed by atoms with E-state index in [9.17, 15) is 4.79 Å². The lowest BCUT2D eigenvalue weighted by Crippen LogP contribution is -1.89. The fraction of sp³-hybridized carbons (Fsp3) is 0.188. The Hall–Kier alpha value is -1.54. The Bertz CT molecular complexity index is 561. The van der Waals surface area contributed by atoms with Crippen LogP contribution in [-0.2, 0) is 6.42 Å². The topological polar surface area (TPSA) is 17.1 Å². The zero-order valence-electron chi connectivity index (χ0n) is 10.6. The monoisotopic (exact) mass is 256 g/mol. The van der Waals surface area contributed by atoms with Crippen LogP contribution in [0.3, 0.4) is 0 Å². The normalized spacial score (nSPS) is 10.3. The predicted octanol–water partition coefficient (Wildman–Crippen LogP) is 4.52. The molecule has 2 aromatic carbocycles. The summed E-state index contributed by atoms with van der Waals surface area (Å²) in [6.45, 7) is 4.25. The summed E-state index contributed by atoms with van der Waals surface area (Å²) in [5, 5.41) is 0. The molecule has 0 bridgehead atoms. The van der Waals surface area contributed by atoms with E-state index in [4.69, 9.17) is 0 Å². The van der Waals surface area contributed by atoms with Crippen molar-refractivity contribution in [2.75, 3.05) is 0 Å². The molecule has 0 N–H and O–H groups in total. The molecule has 0 aliphatic heterocycles. The quantitative estimate of drug-likeness (QED) is 0.748. The molecule has 0 atom stereocenters. The Morgan fingerprint density at radius 1 is 1.11 bits per heavy atom. The van der Waals surface area contributed by atoms with Gasteiger partial charge in [0.15, 0.2) is 6.29 Å². The molecule has 0 saturated carbocycles. The number of carbonyl (C=O) groups excluding carboxylic acids is 1. The van der Waals surface area contributed by atoms with Crippen molar-refractivity contribution in [3.63, 3.8) is 0 Å². The van der Waals surface area contributed by atoms with Crippen LogP contribution in [0, 0.1) is 6.92 Å². The van der Waals surface area contributed by atoms with Crippen molar-refractivity contribution < 1.29 is 4.79 Å². The smallest absolute Gasteiger partial charge is 0.151 e. The number of aryl methyl sites for hydroxylation is 2. The minimum atomic E-state index is 0.756. The van der Waals surface area contributed by atoms with E-state index in [-0.39, 0.29) is 0 Å². The van der Waals surface area contributed by atoms with Gasteiger partial charge in [-0.05, 0) is 36.6 Å². The minimum Gasteiger partial charge on any atom is -0.298 e. The molecule has 0 radical (unpaired) electrons. The highest BCUT2D eigenvalue weighted by molar-refractivity contribution is 7.99. The number of carbonyl (C=O) groups is 1. The third-order valence-corrected chi connectivity index (χ3v) is 4.06. The van der Waals surface area contributed by atoms with E-state index in [1.807, 2.05) is 24.3 Å². The highest BCUT2D eigenvalue weighted by Gasteiger charge is 2.06.